The maximum atomic E-state index is 12.7. The number of benzene rings is 2. The number of nitrogens with one attached hydrogen (secondary N) is 1. The van der Waals surface area contributed by atoms with Crippen molar-refractivity contribution in [1.29, 1.82) is 5.26 Å². The summed E-state index contributed by atoms with van der Waals surface area (Å²) in [6, 6.07) is 19.8. The Kier molecular flexibility index (Phi) is 5.14. The zero-order valence-electron chi connectivity index (χ0n) is 15.6. The zero-order chi connectivity index (χ0) is 19.5. The largest absolute Gasteiger partial charge is 0.497 e. The third-order valence-corrected chi connectivity index (χ3v) is 6.38. The van der Waals surface area contributed by atoms with Crippen LogP contribution >= 0.6 is 11.3 Å². The lowest BCUT2D eigenvalue weighted by Crippen LogP contribution is -2.12. The van der Waals surface area contributed by atoms with Crippen molar-refractivity contribution in [2.45, 2.75) is 25.2 Å². The van der Waals surface area contributed by atoms with Crippen molar-refractivity contribution in [1.82, 2.24) is 0 Å². The molecular formula is C23H20N2O2S. The maximum Gasteiger partial charge on any atom is 0.256 e. The van der Waals surface area contributed by atoms with Gasteiger partial charge in [0.1, 0.15) is 16.8 Å². The first-order chi connectivity index (χ1) is 13.7. The highest BCUT2D eigenvalue weighted by atomic mass is 32.1. The lowest BCUT2D eigenvalue weighted by molar-refractivity contribution is 0.102. The molecule has 0 spiro atoms. The van der Waals surface area contributed by atoms with E-state index in [1.807, 2.05) is 6.07 Å². The molecule has 1 amide bonds. The van der Waals surface area contributed by atoms with E-state index in [4.69, 9.17) is 4.74 Å². The molecule has 4 nitrogen and oxygen atoms in total. The summed E-state index contributed by atoms with van der Waals surface area (Å²) in [5.41, 5.74) is 3.56. The number of nitrogens with zero attached hydrogens (tertiary/aromatic N) is 1. The number of rotatable bonds is 4. The van der Waals surface area contributed by atoms with Gasteiger partial charge in [0.15, 0.2) is 0 Å². The lowest BCUT2D eigenvalue weighted by atomic mass is 9.83. The normalized spacial score (nSPS) is 15.4. The molecule has 0 radical (unpaired) electrons. The topological polar surface area (TPSA) is 62.1 Å². The molecule has 1 aromatic heterocycles. The van der Waals surface area contributed by atoms with Crippen LogP contribution in [0.15, 0.2) is 54.6 Å². The molecule has 0 saturated carbocycles. The molecule has 1 unspecified atom stereocenters. The van der Waals surface area contributed by atoms with E-state index in [0.717, 1.165) is 24.8 Å². The highest BCUT2D eigenvalue weighted by Gasteiger charge is 2.27. The predicted octanol–water partition coefficient (Wildman–Crippen LogP) is 5.15. The Morgan fingerprint density at radius 2 is 2.04 bits per heavy atom. The van der Waals surface area contributed by atoms with Gasteiger partial charge in [-0.25, -0.2) is 0 Å². The maximum absolute atomic E-state index is 12.7. The number of carbonyl (C=O) groups excluding carboxylic acids is 1. The van der Waals surface area contributed by atoms with Crippen molar-refractivity contribution in [3.05, 3.63) is 81.7 Å². The van der Waals surface area contributed by atoms with Gasteiger partial charge in [-0.1, -0.05) is 36.4 Å². The fraction of sp³-hybridized carbons (Fsp3) is 0.217. The molecule has 3 aromatic rings. The minimum Gasteiger partial charge on any atom is -0.497 e. The van der Waals surface area contributed by atoms with Gasteiger partial charge in [-0.3, -0.25) is 4.79 Å². The third-order valence-electron chi connectivity index (χ3n) is 5.21. The molecular weight excluding hydrogens is 368 g/mol. The van der Waals surface area contributed by atoms with Gasteiger partial charge < -0.3 is 10.1 Å². The molecule has 28 heavy (non-hydrogen) atoms. The Morgan fingerprint density at radius 3 is 2.79 bits per heavy atom. The Bertz CT molecular complexity index is 1050. The summed E-state index contributed by atoms with van der Waals surface area (Å²) in [6.45, 7) is 0. The number of methoxy groups -OCH3 is 1. The van der Waals surface area contributed by atoms with Gasteiger partial charge >= 0.3 is 0 Å². The summed E-state index contributed by atoms with van der Waals surface area (Å²) in [6.07, 6.45) is 2.79. The van der Waals surface area contributed by atoms with Crippen LogP contribution in [-0.2, 0) is 12.8 Å². The summed E-state index contributed by atoms with van der Waals surface area (Å²) in [5.74, 6) is 0.860. The van der Waals surface area contributed by atoms with Crippen LogP contribution in [0.5, 0.6) is 5.75 Å². The Morgan fingerprint density at radius 1 is 1.21 bits per heavy atom. The minimum absolute atomic E-state index is 0.228. The van der Waals surface area contributed by atoms with Gasteiger partial charge in [0.25, 0.3) is 5.91 Å². The number of carbonyl (C=O) groups is 1. The smallest absolute Gasteiger partial charge is 0.256 e. The van der Waals surface area contributed by atoms with E-state index in [2.05, 4.69) is 35.7 Å². The SMILES string of the molecule is COc1cccc(C(=O)Nc2sc3c(c2C#N)CCC(c2ccccc2)C3)c1. The molecule has 0 saturated heterocycles. The third kappa shape index (κ3) is 3.51. The van der Waals surface area contributed by atoms with E-state index >= 15 is 0 Å². The van der Waals surface area contributed by atoms with Crippen molar-refractivity contribution in [2.75, 3.05) is 12.4 Å². The average molecular weight is 388 g/mol. The molecule has 1 atom stereocenters. The van der Waals surface area contributed by atoms with Crippen LogP contribution in [0.4, 0.5) is 5.00 Å². The van der Waals surface area contributed by atoms with Gasteiger partial charge in [0, 0.05) is 10.4 Å². The van der Waals surface area contributed by atoms with E-state index in [1.54, 1.807) is 31.4 Å². The number of anilines is 1. The first kappa shape index (κ1) is 18.3. The molecule has 0 fully saturated rings. The number of hydrogen-bond acceptors (Lipinski definition) is 4. The number of nitriles is 1. The second-order valence-electron chi connectivity index (χ2n) is 6.86. The second kappa shape index (κ2) is 7.87. The van der Waals surface area contributed by atoms with Crippen molar-refractivity contribution in [3.8, 4) is 11.8 Å². The molecule has 140 valence electrons. The highest BCUT2D eigenvalue weighted by molar-refractivity contribution is 7.16. The van der Waals surface area contributed by atoms with Crippen LogP contribution < -0.4 is 10.1 Å². The van der Waals surface area contributed by atoms with E-state index in [1.165, 1.54) is 21.8 Å². The van der Waals surface area contributed by atoms with Gasteiger partial charge in [0.2, 0.25) is 0 Å². The molecule has 5 heteroatoms. The van der Waals surface area contributed by atoms with Gasteiger partial charge in [-0.15, -0.1) is 11.3 Å². The van der Waals surface area contributed by atoms with E-state index in [-0.39, 0.29) is 5.91 Å². The first-order valence-electron chi connectivity index (χ1n) is 9.24. The van der Waals surface area contributed by atoms with E-state index < -0.39 is 0 Å². The summed E-state index contributed by atoms with van der Waals surface area (Å²) >= 11 is 1.53. The van der Waals surface area contributed by atoms with Crippen molar-refractivity contribution in [2.24, 2.45) is 0 Å². The predicted molar refractivity (Wildman–Crippen MR) is 111 cm³/mol. The van der Waals surface area contributed by atoms with Crippen LogP contribution in [-0.4, -0.2) is 13.0 Å². The number of fused-ring (bicyclic) bond motifs is 1. The Labute approximate surface area is 168 Å². The lowest BCUT2D eigenvalue weighted by Gasteiger charge is -2.22. The number of amides is 1. The second-order valence-corrected chi connectivity index (χ2v) is 7.96. The summed E-state index contributed by atoms with van der Waals surface area (Å²) in [5, 5.41) is 13.3. The van der Waals surface area contributed by atoms with Gasteiger partial charge in [0.05, 0.1) is 12.7 Å². The Hall–Kier alpha value is -3.10. The summed E-state index contributed by atoms with van der Waals surface area (Å²) < 4.78 is 5.19. The molecule has 2 aromatic carbocycles. The molecule has 0 bridgehead atoms. The average Bonchev–Trinajstić information content (AvgIpc) is 3.10. The highest BCUT2D eigenvalue weighted by Crippen LogP contribution is 2.42. The van der Waals surface area contributed by atoms with Crippen molar-refractivity contribution >= 4 is 22.2 Å². The van der Waals surface area contributed by atoms with Gasteiger partial charge in [-0.05, 0) is 54.5 Å². The van der Waals surface area contributed by atoms with Crippen molar-refractivity contribution in [3.63, 3.8) is 0 Å². The molecule has 1 heterocycles. The quantitative estimate of drug-likeness (QED) is 0.672. The minimum atomic E-state index is -0.228. The van der Waals surface area contributed by atoms with Crippen LogP contribution in [0.2, 0.25) is 0 Å². The van der Waals surface area contributed by atoms with Crippen LogP contribution in [0.1, 0.15) is 44.3 Å². The number of ether oxygens (including phenoxy) is 1. The molecule has 1 aliphatic rings. The summed E-state index contributed by atoms with van der Waals surface area (Å²) in [7, 11) is 1.57. The Balaban J connectivity index is 1.59. The molecule has 1 N–H and O–H groups in total. The molecule has 0 aliphatic heterocycles. The van der Waals surface area contributed by atoms with E-state index in [9.17, 15) is 10.1 Å². The number of thiophene rings is 1. The van der Waals surface area contributed by atoms with Crippen LogP contribution in [0.25, 0.3) is 0 Å². The first-order valence-corrected chi connectivity index (χ1v) is 10.1. The fourth-order valence-corrected chi connectivity index (χ4v) is 5.01. The molecule has 1 aliphatic carbocycles. The van der Waals surface area contributed by atoms with E-state index in [0.29, 0.717) is 27.8 Å². The standard InChI is InChI=1S/C23H20N2O2S/c1-27-18-9-5-8-17(12-18)22(26)25-23-20(14-24)19-11-10-16(13-21(19)28-23)15-6-3-2-4-7-15/h2-9,12,16H,10-11,13H2,1H3,(H,25,26). The molecule has 4 rings (SSSR count). The van der Waals surface area contributed by atoms with Crippen LogP contribution in [0, 0.1) is 11.3 Å². The zero-order valence-corrected chi connectivity index (χ0v) is 16.4. The number of hydrogen-bond donors (Lipinski definition) is 1. The van der Waals surface area contributed by atoms with Gasteiger partial charge in [-0.2, -0.15) is 5.26 Å². The monoisotopic (exact) mass is 388 g/mol. The fourth-order valence-electron chi connectivity index (χ4n) is 3.74. The van der Waals surface area contributed by atoms with Crippen molar-refractivity contribution < 1.29 is 9.53 Å². The van der Waals surface area contributed by atoms with Crippen LogP contribution in [0.3, 0.4) is 0 Å². The summed E-state index contributed by atoms with van der Waals surface area (Å²) in [4.78, 5) is 13.9.